The van der Waals surface area contributed by atoms with Gasteiger partial charge in [0.05, 0.1) is 24.2 Å². The molecule has 5 heteroatoms. The van der Waals surface area contributed by atoms with Gasteiger partial charge in [0.15, 0.2) is 0 Å². The van der Waals surface area contributed by atoms with E-state index in [0.29, 0.717) is 0 Å². The van der Waals surface area contributed by atoms with Crippen molar-refractivity contribution in [2.24, 2.45) is 5.92 Å². The largest absolute Gasteiger partial charge is 0.386 e. The van der Waals surface area contributed by atoms with E-state index >= 15 is 0 Å². The van der Waals surface area contributed by atoms with Crippen LogP contribution >= 0.6 is 0 Å². The molecule has 1 aromatic rings. The van der Waals surface area contributed by atoms with Gasteiger partial charge in [0.2, 0.25) is 5.91 Å². The highest BCUT2D eigenvalue weighted by Gasteiger charge is 2.36. The average Bonchev–Trinajstić information content (AvgIpc) is 3.01. The number of hydrogen-bond donors (Lipinski definition) is 2. The van der Waals surface area contributed by atoms with Gasteiger partial charge in [0.1, 0.15) is 0 Å². The van der Waals surface area contributed by atoms with Gasteiger partial charge in [0.25, 0.3) is 0 Å². The highest BCUT2D eigenvalue weighted by Crippen LogP contribution is 2.25. The maximum atomic E-state index is 12.6. The van der Waals surface area contributed by atoms with Crippen molar-refractivity contribution >= 4 is 5.91 Å². The van der Waals surface area contributed by atoms with E-state index in [1.54, 1.807) is 7.11 Å². The molecule has 2 N–H and O–H groups in total. The van der Waals surface area contributed by atoms with Crippen LogP contribution in [-0.4, -0.2) is 54.8 Å². The van der Waals surface area contributed by atoms with Crippen LogP contribution in [-0.2, 0) is 9.53 Å². The van der Waals surface area contributed by atoms with E-state index in [0.717, 1.165) is 24.9 Å². The quantitative estimate of drug-likeness (QED) is 0.800. The number of nitrogens with zero attached hydrogens (tertiary/aromatic N) is 1. The van der Waals surface area contributed by atoms with E-state index in [1.165, 1.54) is 0 Å². The molecule has 0 spiro atoms. The molecule has 1 saturated heterocycles. The molecule has 134 valence electrons. The van der Waals surface area contributed by atoms with Crippen LogP contribution in [0.15, 0.2) is 30.3 Å². The van der Waals surface area contributed by atoms with Crippen LogP contribution in [0.25, 0.3) is 0 Å². The Bertz CT molecular complexity index is 523. The summed E-state index contributed by atoms with van der Waals surface area (Å²) in [7, 11) is 3.75. The number of aliphatic hydroxyl groups is 1. The molecule has 5 unspecified atom stereocenters. The fraction of sp³-hybridized carbons (Fsp3) is 0.632. The van der Waals surface area contributed by atoms with Gasteiger partial charge in [-0.15, -0.1) is 0 Å². The summed E-state index contributed by atoms with van der Waals surface area (Å²) in [4.78, 5) is 14.9. The highest BCUT2D eigenvalue weighted by atomic mass is 16.5. The van der Waals surface area contributed by atoms with Gasteiger partial charge in [-0.3, -0.25) is 4.79 Å². The van der Waals surface area contributed by atoms with Gasteiger partial charge < -0.3 is 20.1 Å². The van der Waals surface area contributed by atoms with Crippen molar-refractivity contribution in [3.63, 3.8) is 0 Å². The number of hydrogen-bond acceptors (Lipinski definition) is 4. The minimum absolute atomic E-state index is 0.0790. The zero-order chi connectivity index (χ0) is 17.7. The maximum Gasteiger partial charge on any atom is 0.225 e. The van der Waals surface area contributed by atoms with E-state index in [1.807, 2.05) is 44.2 Å². The van der Waals surface area contributed by atoms with Crippen LogP contribution in [0.5, 0.6) is 0 Å². The van der Waals surface area contributed by atoms with Crippen molar-refractivity contribution in [1.82, 2.24) is 10.2 Å². The second-order valence-electron chi connectivity index (χ2n) is 6.83. The van der Waals surface area contributed by atoms with Crippen molar-refractivity contribution in [2.45, 2.75) is 51.0 Å². The Morgan fingerprint density at radius 3 is 2.54 bits per heavy atom. The fourth-order valence-electron chi connectivity index (χ4n) is 3.57. The highest BCUT2D eigenvalue weighted by molar-refractivity contribution is 5.79. The molecule has 1 aromatic carbocycles. The number of carbonyl (C=O) groups excluding carboxylic acids is 1. The predicted molar refractivity (Wildman–Crippen MR) is 94.6 cm³/mol. The van der Waals surface area contributed by atoms with E-state index < -0.39 is 6.10 Å². The summed E-state index contributed by atoms with van der Waals surface area (Å²) in [6, 6.07) is 9.30. The van der Waals surface area contributed by atoms with Gasteiger partial charge in [-0.1, -0.05) is 37.3 Å². The van der Waals surface area contributed by atoms with Gasteiger partial charge >= 0.3 is 0 Å². The Morgan fingerprint density at radius 2 is 2.00 bits per heavy atom. The summed E-state index contributed by atoms with van der Waals surface area (Å²) in [5.74, 6) is -0.351. The SMILES string of the molecule is COC(C(C)C(=O)NC(C)C(O)c1ccccc1)C1CCCN1C. The van der Waals surface area contributed by atoms with Crippen molar-refractivity contribution in [1.29, 1.82) is 0 Å². The lowest BCUT2D eigenvalue weighted by molar-refractivity contribution is -0.132. The number of benzene rings is 1. The third-order valence-electron chi connectivity index (χ3n) is 5.12. The van der Waals surface area contributed by atoms with Gasteiger partial charge in [0, 0.05) is 13.2 Å². The Morgan fingerprint density at radius 1 is 1.33 bits per heavy atom. The molecule has 1 aliphatic rings. The maximum absolute atomic E-state index is 12.6. The van der Waals surface area contributed by atoms with E-state index in [4.69, 9.17) is 4.74 Å². The number of rotatable bonds is 7. The molecule has 0 aromatic heterocycles. The summed E-state index contributed by atoms with van der Waals surface area (Å²) in [5.41, 5.74) is 0.803. The Labute approximate surface area is 145 Å². The van der Waals surface area contributed by atoms with Crippen molar-refractivity contribution < 1.29 is 14.6 Å². The molecule has 0 saturated carbocycles. The molecule has 0 bridgehead atoms. The predicted octanol–water partition coefficient (Wildman–Crippen LogP) is 1.97. The first-order chi connectivity index (χ1) is 11.5. The van der Waals surface area contributed by atoms with Crippen LogP contribution in [0.2, 0.25) is 0 Å². The second-order valence-corrected chi connectivity index (χ2v) is 6.83. The minimum atomic E-state index is -0.725. The number of nitrogens with one attached hydrogen (secondary N) is 1. The van der Waals surface area contributed by atoms with Crippen LogP contribution in [0.4, 0.5) is 0 Å². The fourth-order valence-corrected chi connectivity index (χ4v) is 3.57. The van der Waals surface area contributed by atoms with E-state index in [9.17, 15) is 9.90 Å². The molecule has 5 atom stereocenters. The number of carbonyl (C=O) groups is 1. The number of aliphatic hydroxyl groups excluding tert-OH is 1. The number of likely N-dealkylation sites (tertiary alicyclic amines) is 1. The number of likely N-dealkylation sites (N-methyl/N-ethyl adjacent to an activating group) is 1. The zero-order valence-electron chi connectivity index (χ0n) is 15.1. The van der Waals surface area contributed by atoms with Crippen molar-refractivity contribution in [2.75, 3.05) is 20.7 Å². The van der Waals surface area contributed by atoms with Crippen LogP contribution in [0, 0.1) is 5.92 Å². The van der Waals surface area contributed by atoms with Crippen LogP contribution in [0.1, 0.15) is 38.4 Å². The number of methoxy groups -OCH3 is 1. The summed E-state index contributed by atoms with van der Waals surface area (Å²) in [6.45, 7) is 4.77. The topological polar surface area (TPSA) is 61.8 Å². The summed E-state index contributed by atoms with van der Waals surface area (Å²) in [6.07, 6.45) is 1.32. The van der Waals surface area contributed by atoms with Gasteiger partial charge in [-0.05, 0) is 38.9 Å². The first kappa shape index (κ1) is 18.9. The molecule has 1 fully saturated rings. The third-order valence-corrected chi connectivity index (χ3v) is 5.12. The molecule has 0 radical (unpaired) electrons. The summed E-state index contributed by atoms with van der Waals surface area (Å²) >= 11 is 0. The molecule has 1 amide bonds. The molecular weight excluding hydrogens is 304 g/mol. The van der Waals surface area contributed by atoms with Crippen molar-refractivity contribution in [3.05, 3.63) is 35.9 Å². The lowest BCUT2D eigenvalue weighted by atomic mass is 9.94. The molecular formula is C19H30N2O3. The second kappa shape index (κ2) is 8.60. The summed E-state index contributed by atoms with van der Waals surface area (Å²) < 4.78 is 5.65. The Balaban J connectivity index is 1.97. The number of amides is 1. The summed E-state index contributed by atoms with van der Waals surface area (Å²) in [5, 5.41) is 13.4. The first-order valence-corrected chi connectivity index (χ1v) is 8.72. The smallest absolute Gasteiger partial charge is 0.225 e. The monoisotopic (exact) mass is 334 g/mol. The normalized spacial score (nSPS) is 23.5. The molecule has 5 nitrogen and oxygen atoms in total. The number of ether oxygens (including phenoxy) is 1. The first-order valence-electron chi connectivity index (χ1n) is 8.72. The van der Waals surface area contributed by atoms with E-state index in [2.05, 4.69) is 17.3 Å². The third kappa shape index (κ3) is 4.35. The van der Waals surface area contributed by atoms with Crippen molar-refractivity contribution in [3.8, 4) is 0 Å². The Hall–Kier alpha value is -1.43. The van der Waals surface area contributed by atoms with Crippen LogP contribution in [0.3, 0.4) is 0 Å². The lowest BCUT2D eigenvalue weighted by Crippen LogP contribution is -2.49. The standard InChI is InChI=1S/C19H30N2O3/c1-13(18(24-4)16-11-8-12-21(16)3)19(23)20-14(2)17(22)15-9-6-5-7-10-15/h5-7,9-10,13-14,16-18,22H,8,11-12H2,1-4H3,(H,20,23). The Kier molecular flexibility index (Phi) is 6.78. The minimum Gasteiger partial charge on any atom is -0.386 e. The molecule has 0 aliphatic carbocycles. The van der Waals surface area contributed by atoms with Gasteiger partial charge in [-0.2, -0.15) is 0 Å². The zero-order valence-corrected chi connectivity index (χ0v) is 15.1. The van der Waals surface area contributed by atoms with Crippen LogP contribution < -0.4 is 5.32 Å². The molecule has 1 aliphatic heterocycles. The molecule has 1 heterocycles. The lowest BCUT2D eigenvalue weighted by Gasteiger charge is -2.32. The molecule has 24 heavy (non-hydrogen) atoms. The van der Waals surface area contributed by atoms with E-state index in [-0.39, 0.29) is 30.0 Å². The molecule has 2 rings (SSSR count). The average molecular weight is 334 g/mol. The van der Waals surface area contributed by atoms with Gasteiger partial charge in [-0.25, -0.2) is 0 Å².